The van der Waals surface area contributed by atoms with E-state index >= 15 is 0 Å². The third-order valence-corrected chi connectivity index (χ3v) is 3.49. The fourth-order valence-electron chi connectivity index (χ4n) is 0.986. The Bertz CT molecular complexity index is 476. The first-order valence-electron chi connectivity index (χ1n) is 4.72. The molecule has 1 aromatic heterocycles. The Kier molecular flexibility index (Phi) is 3.71. The van der Waals surface area contributed by atoms with Gasteiger partial charge in [-0.3, -0.25) is 0 Å². The molecule has 1 unspecified atom stereocenters. The highest BCUT2D eigenvalue weighted by Gasteiger charge is 2.22. The molecule has 0 saturated carbocycles. The van der Waals surface area contributed by atoms with Gasteiger partial charge in [0.15, 0.2) is 0 Å². The van der Waals surface area contributed by atoms with Crippen LogP contribution >= 0.6 is 0 Å². The van der Waals surface area contributed by atoms with Crippen LogP contribution in [0.1, 0.15) is 30.8 Å². The van der Waals surface area contributed by atoms with Crippen molar-refractivity contribution in [3.63, 3.8) is 0 Å². The van der Waals surface area contributed by atoms with E-state index in [0.29, 0.717) is 6.42 Å². The second kappa shape index (κ2) is 4.67. The minimum absolute atomic E-state index is 0.233. The Labute approximate surface area is 93.3 Å². The molecule has 0 aromatic carbocycles. The van der Waals surface area contributed by atoms with Crippen molar-refractivity contribution in [3.8, 4) is 0 Å². The topological polar surface area (TPSA) is 96.6 Å². The second-order valence-corrected chi connectivity index (χ2v) is 5.00. The number of furan rings is 1. The molecule has 1 rings (SSSR count). The Morgan fingerprint density at radius 3 is 2.62 bits per heavy atom. The summed E-state index contributed by atoms with van der Waals surface area (Å²) in [7, 11) is -3.76. The van der Waals surface area contributed by atoms with Gasteiger partial charge in [0, 0.05) is 6.04 Å². The van der Waals surface area contributed by atoms with Crippen LogP contribution in [-0.2, 0) is 10.0 Å². The predicted molar refractivity (Wildman–Crippen MR) is 55.7 cm³/mol. The quantitative estimate of drug-likeness (QED) is 0.810. The molecule has 1 heterocycles. The molecule has 0 spiro atoms. The van der Waals surface area contributed by atoms with E-state index in [0.717, 1.165) is 12.1 Å². The number of carbonyl (C=O) groups is 1. The number of aromatic carboxylic acids is 1. The summed E-state index contributed by atoms with van der Waals surface area (Å²) in [4.78, 5) is 10.5. The first kappa shape index (κ1) is 12.7. The van der Waals surface area contributed by atoms with Crippen LogP contribution in [0.15, 0.2) is 21.6 Å². The second-order valence-electron chi connectivity index (χ2n) is 3.35. The average Bonchev–Trinajstić information content (AvgIpc) is 2.66. The monoisotopic (exact) mass is 247 g/mol. The van der Waals surface area contributed by atoms with E-state index in [-0.39, 0.29) is 11.1 Å². The van der Waals surface area contributed by atoms with Gasteiger partial charge in [0.2, 0.25) is 10.9 Å². The summed E-state index contributed by atoms with van der Waals surface area (Å²) < 4.78 is 30.3. The molecule has 1 atom stereocenters. The predicted octanol–water partition coefficient (Wildman–Crippen LogP) is 1.05. The van der Waals surface area contributed by atoms with E-state index in [1.807, 2.05) is 6.92 Å². The first-order chi connectivity index (χ1) is 7.36. The summed E-state index contributed by atoms with van der Waals surface area (Å²) in [6.45, 7) is 3.54. The van der Waals surface area contributed by atoms with Crippen LogP contribution in [0.5, 0.6) is 0 Å². The van der Waals surface area contributed by atoms with Crippen LogP contribution in [0.25, 0.3) is 0 Å². The molecule has 0 bridgehead atoms. The summed E-state index contributed by atoms with van der Waals surface area (Å²) in [6, 6.07) is 1.99. The molecule has 0 aliphatic rings. The molecular formula is C9H13NO5S. The van der Waals surface area contributed by atoms with E-state index in [9.17, 15) is 13.2 Å². The third kappa shape index (κ3) is 2.83. The molecule has 16 heavy (non-hydrogen) atoms. The van der Waals surface area contributed by atoms with Crippen molar-refractivity contribution >= 4 is 16.0 Å². The van der Waals surface area contributed by atoms with Gasteiger partial charge in [-0.15, -0.1) is 0 Å². The van der Waals surface area contributed by atoms with Gasteiger partial charge in [0.05, 0.1) is 0 Å². The SMILES string of the molecule is CCC(C)NS(=O)(=O)c1ccc(C(=O)O)o1. The standard InChI is InChI=1S/C9H13NO5S/c1-3-6(2)10-16(13,14)8-5-4-7(15-8)9(11)12/h4-6,10H,3H2,1-2H3,(H,11,12). The van der Waals surface area contributed by atoms with Crippen LogP contribution in [0, 0.1) is 0 Å². The van der Waals surface area contributed by atoms with Gasteiger partial charge in [0.1, 0.15) is 0 Å². The maximum Gasteiger partial charge on any atom is 0.371 e. The smallest absolute Gasteiger partial charge is 0.371 e. The number of rotatable bonds is 5. The normalized spacial score (nSPS) is 13.6. The first-order valence-corrected chi connectivity index (χ1v) is 6.20. The van der Waals surface area contributed by atoms with Gasteiger partial charge in [-0.1, -0.05) is 6.92 Å². The molecule has 90 valence electrons. The number of nitrogens with one attached hydrogen (secondary N) is 1. The van der Waals surface area contributed by atoms with Crippen molar-refractivity contribution in [1.82, 2.24) is 4.72 Å². The lowest BCUT2D eigenvalue weighted by atomic mass is 10.3. The average molecular weight is 247 g/mol. The lowest BCUT2D eigenvalue weighted by Crippen LogP contribution is -2.31. The Balaban J connectivity index is 2.94. The molecule has 0 fully saturated rings. The fraction of sp³-hybridized carbons (Fsp3) is 0.444. The van der Waals surface area contributed by atoms with Crippen molar-refractivity contribution in [2.75, 3.05) is 0 Å². The zero-order valence-corrected chi connectivity index (χ0v) is 9.74. The molecule has 6 nitrogen and oxygen atoms in total. The summed E-state index contributed by atoms with van der Waals surface area (Å²) in [6.07, 6.45) is 0.631. The molecule has 1 aromatic rings. The van der Waals surface area contributed by atoms with Gasteiger partial charge in [-0.2, -0.15) is 0 Å². The fourth-order valence-corrected chi connectivity index (χ4v) is 2.25. The van der Waals surface area contributed by atoms with Gasteiger partial charge in [-0.05, 0) is 25.5 Å². The Morgan fingerprint density at radius 1 is 1.56 bits per heavy atom. The van der Waals surface area contributed by atoms with E-state index in [1.54, 1.807) is 6.92 Å². The van der Waals surface area contributed by atoms with Crippen LogP contribution in [0.3, 0.4) is 0 Å². The van der Waals surface area contributed by atoms with Crippen molar-refractivity contribution in [3.05, 3.63) is 17.9 Å². The van der Waals surface area contributed by atoms with E-state index in [2.05, 4.69) is 4.72 Å². The number of hydrogen-bond acceptors (Lipinski definition) is 4. The molecule has 0 aliphatic heterocycles. The minimum Gasteiger partial charge on any atom is -0.475 e. The van der Waals surface area contributed by atoms with Crippen LogP contribution in [0.4, 0.5) is 0 Å². The van der Waals surface area contributed by atoms with Crippen LogP contribution in [-0.4, -0.2) is 25.5 Å². The zero-order valence-electron chi connectivity index (χ0n) is 8.93. The third-order valence-electron chi connectivity index (χ3n) is 2.03. The van der Waals surface area contributed by atoms with Gasteiger partial charge in [0.25, 0.3) is 10.0 Å². The molecule has 2 N–H and O–H groups in total. The highest BCUT2D eigenvalue weighted by atomic mass is 32.2. The zero-order chi connectivity index (χ0) is 12.3. The highest BCUT2D eigenvalue weighted by Crippen LogP contribution is 2.14. The van der Waals surface area contributed by atoms with Crippen molar-refractivity contribution in [1.29, 1.82) is 0 Å². The van der Waals surface area contributed by atoms with Gasteiger partial charge in [-0.25, -0.2) is 17.9 Å². The highest BCUT2D eigenvalue weighted by molar-refractivity contribution is 7.89. The van der Waals surface area contributed by atoms with Crippen molar-refractivity contribution < 1.29 is 22.7 Å². The molecule has 0 radical (unpaired) electrons. The molecule has 0 aliphatic carbocycles. The summed E-state index contributed by atoms with van der Waals surface area (Å²) in [5.41, 5.74) is 0. The minimum atomic E-state index is -3.76. The largest absolute Gasteiger partial charge is 0.475 e. The number of carboxylic acids is 1. The van der Waals surface area contributed by atoms with Gasteiger partial charge >= 0.3 is 5.97 Å². The lowest BCUT2D eigenvalue weighted by molar-refractivity contribution is 0.0656. The maximum absolute atomic E-state index is 11.6. The molecular weight excluding hydrogens is 234 g/mol. The molecule has 0 amide bonds. The number of hydrogen-bond donors (Lipinski definition) is 2. The number of carboxylic acid groups (broad SMARTS) is 1. The van der Waals surface area contributed by atoms with Crippen LogP contribution < -0.4 is 4.72 Å². The summed E-state index contributed by atoms with van der Waals surface area (Å²) in [5, 5.41) is 8.20. The Morgan fingerprint density at radius 2 is 2.19 bits per heavy atom. The maximum atomic E-state index is 11.6. The van der Waals surface area contributed by atoms with Crippen molar-refractivity contribution in [2.24, 2.45) is 0 Å². The van der Waals surface area contributed by atoms with Crippen molar-refractivity contribution in [2.45, 2.75) is 31.4 Å². The summed E-state index contributed by atoms with van der Waals surface area (Å²) >= 11 is 0. The van der Waals surface area contributed by atoms with Crippen LogP contribution in [0.2, 0.25) is 0 Å². The molecule has 7 heteroatoms. The Hall–Kier alpha value is -1.34. The van der Waals surface area contributed by atoms with E-state index in [1.165, 1.54) is 0 Å². The van der Waals surface area contributed by atoms with E-state index < -0.39 is 21.8 Å². The van der Waals surface area contributed by atoms with Gasteiger partial charge < -0.3 is 9.52 Å². The van der Waals surface area contributed by atoms with E-state index in [4.69, 9.17) is 9.52 Å². The molecule has 0 saturated heterocycles. The summed E-state index contributed by atoms with van der Waals surface area (Å²) in [5.74, 6) is -1.70. The lowest BCUT2D eigenvalue weighted by Gasteiger charge is -2.09. The number of sulfonamides is 1.